The third-order valence-electron chi connectivity index (χ3n) is 4.17. The van der Waals surface area contributed by atoms with Gasteiger partial charge in [-0.05, 0) is 54.9 Å². The van der Waals surface area contributed by atoms with E-state index in [9.17, 15) is 0 Å². The Bertz CT molecular complexity index is 561. The van der Waals surface area contributed by atoms with Crippen LogP contribution in [0.1, 0.15) is 58.7 Å². The molecule has 0 saturated carbocycles. The Labute approximate surface area is 125 Å². The Balaban J connectivity index is 1.86. The number of hydrogen-bond donors (Lipinski definition) is 1. The highest BCUT2D eigenvalue weighted by atomic mass is 32.1. The molecule has 106 valence electrons. The quantitative estimate of drug-likeness (QED) is 0.871. The van der Waals surface area contributed by atoms with Crippen LogP contribution in [0.25, 0.3) is 0 Å². The number of benzene rings is 1. The maximum absolute atomic E-state index is 6.50. The van der Waals surface area contributed by atoms with Crippen molar-refractivity contribution in [2.24, 2.45) is 5.73 Å². The molecule has 0 bridgehead atoms. The summed E-state index contributed by atoms with van der Waals surface area (Å²) in [6.07, 6.45) is 7.50. The van der Waals surface area contributed by atoms with Crippen molar-refractivity contribution in [3.63, 3.8) is 0 Å². The van der Waals surface area contributed by atoms with Crippen LogP contribution in [-0.2, 0) is 19.3 Å². The number of fused-ring (bicyclic) bond motifs is 1. The second-order valence-electron chi connectivity index (χ2n) is 5.78. The van der Waals surface area contributed by atoms with Gasteiger partial charge in [0.1, 0.15) is 0 Å². The molecule has 20 heavy (non-hydrogen) atoms. The van der Waals surface area contributed by atoms with Crippen molar-refractivity contribution in [2.45, 2.75) is 51.5 Å². The number of rotatable bonds is 4. The van der Waals surface area contributed by atoms with E-state index in [-0.39, 0.29) is 6.04 Å². The van der Waals surface area contributed by atoms with Gasteiger partial charge in [-0.15, -0.1) is 11.3 Å². The standard InChI is InChI=1S/C18H23NS/c1-2-6-13-7-5-9-15(11-13)18(19)17-12-14-8-3-4-10-16(14)20-17/h5,7,9,11-12,18H,2-4,6,8,10,19H2,1H3. The molecule has 3 rings (SSSR count). The maximum atomic E-state index is 6.50. The zero-order valence-electron chi connectivity index (χ0n) is 12.2. The highest BCUT2D eigenvalue weighted by molar-refractivity contribution is 7.12. The molecule has 1 aromatic carbocycles. The first-order chi connectivity index (χ1) is 9.78. The van der Waals surface area contributed by atoms with Crippen molar-refractivity contribution in [3.05, 3.63) is 56.8 Å². The second kappa shape index (κ2) is 6.11. The topological polar surface area (TPSA) is 26.0 Å². The Hall–Kier alpha value is -1.12. The Morgan fingerprint density at radius 3 is 2.85 bits per heavy atom. The summed E-state index contributed by atoms with van der Waals surface area (Å²) >= 11 is 1.93. The Morgan fingerprint density at radius 1 is 1.20 bits per heavy atom. The zero-order valence-corrected chi connectivity index (χ0v) is 13.0. The van der Waals surface area contributed by atoms with Crippen LogP contribution in [0.2, 0.25) is 0 Å². The van der Waals surface area contributed by atoms with Crippen molar-refractivity contribution in [2.75, 3.05) is 0 Å². The lowest BCUT2D eigenvalue weighted by molar-refractivity contribution is 0.696. The Morgan fingerprint density at radius 2 is 2.05 bits per heavy atom. The molecule has 1 nitrogen and oxygen atoms in total. The van der Waals surface area contributed by atoms with Gasteiger partial charge in [-0.1, -0.05) is 37.6 Å². The molecule has 1 atom stereocenters. The van der Waals surface area contributed by atoms with Gasteiger partial charge in [0.15, 0.2) is 0 Å². The lowest BCUT2D eigenvalue weighted by Crippen LogP contribution is -2.10. The summed E-state index contributed by atoms with van der Waals surface area (Å²) in [5.41, 5.74) is 10.7. The fourth-order valence-corrected chi connectivity index (χ4v) is 4.35. The molecule has 0 radical (unpaired) electrons. The van der Waals surface area contributed by atoms with Crippen LogP contribution < -0.4 is 5.73 Å². The molecular formula is C18H23NS. The molecule has 1 unspecified atom stereocenters. The number of aryl methyl sites for hydroxylation is 3. The van der Waals surface area contributed by atoms with Gasteiger partial charge in [0.2, 0.25) is 0 Å². The molecule has 1 heterocycles. The summed E-state index contributed by atoms with van der Waals surface area (Å²) < 4.78 is 0. The van der Waals surface area contributed by atoms with Crippen molar-refractivity contribution in [3.8, 4) is 0 Å². The van der Waals surface area contributed by atoms with Gasteiger partial charge in [-0.25, -0.2) is 0 Å². The van der Waals surface area contributed by atoms with Gasteiger partial charge in [0, 0.05) is 9.75 Å². The summed E-state index contributed by atoms with van der Waals surface area (Å²) in [5, 5.41) is 0. The molecule has 0 amide bonds. The molecule has 1 aromatic heterocycles. The van der Waals surface area contributed by atoms with Gasteiger partial charge in [-0.2, -0.15) is 0 Å². The highest BCUT2D eigenvalue weighted by Crippen LogP contribution is 2.34. The molecule has 0 aliphatic heterocycles. The lowest BCUT2D eigenvalue weighted by Gasteiger charge is -2.11. The van der Waals surface area contributed by atoms with Gasteiger partial charge in [0.25, 0.3) is 0 Å². The van der Waals surface area contributed by atoms with Gasteiger partial charge >= 0.3 is 0 Å². The molecule has 2 aromatic rings. The average molecular weight is 285 g/mol. The van der Waals surface area contributed by atoms with Crippen LogP contribution in [0.4, 0.5) is 0 Å². The molecule has 2 heteroatoms. The predicted molar refractivity (Wildman–Crippen MR) is 87.4 cm³/mol. The third-order valence-corrected chi connectivity index (χ3v) is 5.49. The largest absolute Gasteiger partial charge is 0.320 e. The van der Waals surface area contributed by atoms with Crippen LogP contribution >= 0.6 is 11.3 Å². The molecule has 1 aliphatic carbocycles. The number of thiophene rings is 1. The summed E-state index contributed by atoms with van der Waals surface area (Å²) in [5.74, 6) is 0. The van der Waals surface area contributed by atoms with Crippen molar-refractivity contribution in [1.82, 2.24) is 0 Å². The minimum Gasteiger partial charge on any atom is -0.320 e. The minimum atomic E-state index is 0.0439. The first-order valence-electron chi connectivity index (χ1n) is 7.74. The van der Waals surface area contributed by atoms with Crippen LogP contribution in [0.3, 0.4) is 0 Å². The highest BCUT2D eigenvalue weighted by Gasteiger charge is 2.18. The van der Waals surface area contributed by atoms with Gasteiger partial charge in [0.05, 0.1) is 6.04 Å². The fourth-order valence-electron chi connectivity index (χ4n) is 3.06. The van der Waals surface area contributed by atoms with E-state index in [1.54, 1.807) is 10.4 Å². The van der Waals surface area contributed by atoms with E-state index in [1.807, 2.05) is 11.3 Å². The number of nitrogens with two attached hydrogens (primary N) is 1. The molecule has 2 N–H and O–H groups in total. The lowest BCUT2D eigenvalue weighted by atomic mass is 9.97. The molecular weight excluding hydrogens is 262 g/mol. The smallest absolute Gasteiger partial charge is 0.0646 e. The normalized spacial score (nSPS) is 15.9. The van der Waals surface area contributed by atoms with E-state index in [2.05, 4.69) is 37.3 Å². The first-order valence-corrected chi connectivity index (χ1v) is 8.55. The molecule has 0 fully saturated rings. The molecule has 1 aliphatic rings. The van der Waals surface area contributed by atoms with E-state index in [0.717, 1.165) is 6.42 Å². The van der Waals surface area contributed by atoms with E-state index in [4.69, 9.17) is 5.73 Å². The van der Waals surface area contributed by atoms with Gasteiger partial charge < -0.3 is 5.73 Å². The second-order valence-corrected chi connectivity index (χ2v) is 6.95. The summed E-state index contributed by atoms with van der Waals surface area (Å²) in [4.78, 5) is 2.91. The first kappa shape index (κ1) is 13.8. The van der Waals surface area contributed by atoms with E-state index >= 15 is 0 Å². The fraction of sp³-hybridized carbons (Fsp3) is 0.444. The molecule has 0 saturated heterocycles. The van der Waals surface area contributed by atoms with Crippen LogP contribution in [0.5, 0.6) is 0 Å². The zero-order chi connectivity index (χ0) is 13.9. The van der Waals surface area contributed by atoms with Crippen LogP contribution in [0.15, 0.2) is 30.3 Å². The average Bonchev–Trinajstić information content (AvgIpc) is 2.91. The summed E-state index contributed by atoms with van der Waals surface area (Å²) in [7, 11) is 0. The molecule has 0 spiro atoms. The maximum Gasteiger partial charge on any atom is 0.0646 e. The van der Waals surface area contributed by atoms with E-state index < -0.39 is 0 Å². The van der Waals surface area contributed by atoms with Crippen molar-refractivity contribution >= 4 is 11.3 Å². The van der Waals surface area contributed by atoms with Crippen molar-refractivity contribution in [1.29, 1.82) is 0 Å². The SMILES string of the molecule is CCCc1cccc(C(N)c2cc3c(s2)CCCC3)c1. The van der Waals surface area contributed by atoms with Gasteiger partial charge in [-0.3, -0.25) is 0 Å². The van der Waals surface area contributed by atoms with Crippen LogP contribution in [0, 0.1) is 0 Å². The van der Waals surface area contributed by atoms with E-state index in [1.165, 1.54) is 48.1 Å². The monoisotopic (exact) mass is 285 g/mol. The number of hydrogen-bond acceptors (Lipinski definition) is 2. The predicted octanol–water partition coefficient (Wildman–Crippen LogP) is 4.63. The summed E-state index contributed by atoms with van der Waals surface area (Å²) in [6.45, 7) is 2.22. The van der Waals surface area contributed by atoms with Crippen molar-refractivity contribution < 1.29 is 0 Å². The van der Waals surface area contributed by atoms with Crippen LogP contribution in [-0.4, -0.2) is 0 Å². The minimum absolute atomic E-state index is 0.0439. The summed E-state index contributed by atoms with van der Waals surface area (Å²) in [6, 6.07) is 11.2. The third kappa shape index (κ3) is 2.82. The van der Waals surface area contributed by atoms with E-state index in [0.29, 0.717) is 0 Å². The Kier molecular flexibility index (Phi) is 4.23.